The van der Waals surface area contributed by atoms with Gasteiger partial charge in [0.05, 0.1) is 13.7 Å². The summed E-state index contributed by atoms with van der Waals surface area (Å²) in [5.41, 5.74) is 2.60. The molecule has 112 valence electrons. The van der Waals surface area contributed by atoms with Crippen LogP contribution >= 0.6 is 11.8 Å². The van der Waals surface area contributed by atoms with Gasteiger partial charge in [-0.05, 0) is 36.1 Å². The molecule has 2 nitrogen and oxygen atoms in total. The van der Waals surface area contributed by atoms with E-state index in [2.05, 4.69) is 36.4 Å². The summed E-state index contributed by atoms with van der Waals surface area (Å²) in [6.07, 6.45) is 2.02. The summed E-state index contributed by atoms with van der Waals surface area (Å²) >= 11 is 1.82. The number of rotatable bonds is 8. The molecule has 0 aliphatic heterocycles. The first-order valence-electron chi connectivity index (χ1n) is 7.21. The molecule has 0 saturated carbocycles. The molecule has 0 unspecified atom stereocenters. The Morgan fingerprint density at radius 3 is 2.33 bits per heavy atom. The van der Waals surface area contributed by atoms with Gasteiger partial charge in [0, 0.05) is 11.0 Å². The highest BCUT2D eigenvalue weighted by atomic mass is 32.2. The lowest BCUT2D eigenvalue weighted by Crippen LogP contribution is -2.10. The van der Waals surface area contributed by atoms with E-state index in [0.717, 1.165) is 24.3 Å². The Balaban J connectivity index is 1.79. The van der Waals surface area contributed by atoms with Crippen molar-refractivity contribution in [3.63, 3.8) is 0 Å². The third-order valence-electron chi connectivity index (χ3n) is 3.45. The quantitative estimate of drug-likeness (QED) is 0.801. The van der Waals surface area contributed by atoms with Gasteiger partial charge < -0.3 is 9.84 Å². The Kier molecular flexibility index (Phi) is 6.64. The molecule has 0 aliphatic carbocycles. The lowest BCUT2D eigenvalue weighted by molar-refractivity contribution is 0.290. The van der Waals surface area contributed by atoms with Gasteiger partial charge >= 0.3 is 0 Å². The van der Waals surface area contributed by atoms with Crippen molar-refractivity contribution in [2.75, 3.05) is 13.7 Å². The first-order chi connectivity index (χ1) is 10.3. The average molecular weight is 302 g/mol. The molecule has 0 saturated heterocycles. The van der Waals surface area contributed by atoms with E-state index in [9.17, 15) is 5.11 Å². The van der Waals surface area contributed by atoms with Crippen LogP contribution in [0.15, 0.2) is 54.6 Å². The van der Waals surface area contributed by atoms with Crippen LogP contribution in [-0.2, 0) is 12.2 Å². The molecule has 21 heavy (non-hydrogen) atoms. The lowest BCUT2D eigenvalue weighted by Gasteiger charge is -2.14. The van der Waals surface area contributed by atoms with Crippen LogP contribution in [0.1, 0.15) is 17.5 Å². The van der Waals surface area contributed by atoms with Gasteiger partial charge in [-0.25, -0.2) is 0 Å². The van der Waals surface area contributed by atoms with E-state index < -0.39 is 0 Å². The summed E-state index contributed by atoms with van der Waals surface area (Å²) in [4.78, 5) is 0. The maximum atomic E-state index is 9.52. The summed E-state index contributed by atoms with van der Waals surface area (Å²) < 4.78 is 5.16. The van der Waals surface area contributed by atoms with Crippen LogP contribution in [0.25, 0.3) is 0 Å². The van der Waals surface area contributed by atoms with Crippen LogP contribution in [0.2, 0.25) is 0 Å². The molecule has 1 N–H and O–H groups in total. The highest BCUT2D eigenvalue weighted by Crippen LogP contribution is 2.23. The Bertz CT molecular complexity index is 511. The molecule has 0 fully saturated rings. The highest BCUT2D eigenvalue weighted by Gasteiger charge is 2.08. The van der Waals surface area contributed by atoms with Gasteiger partial charge in [-0.3, -0.25) is 0 Å². The van der Waals surface area contributed by atoms with Crippen LogP contribution in [-0.4, -0.2) is 24.1 Å². The average Bonchev–Trinajstić information content (AvgIpc) is 2.56. The smallest absolute Gasteiger partial charge is 0.118 e. The van der Waals surface area contributed by atoms with Gasteiger partial charge in [-0.2, -0.15) is 11.8 Å². The fraction of sp³-hybridized carbons (Fsp3) is 0.333. The Hall–Kier alpha value is -1.45. The van der Waals surface area contributed by atoms with Crippen LogP contribution in [0.3, 0.4) is 0 Å². The number of methoxy groups -OCH3 is 1. The molecule has 0 aliphatic rings. The zero-order chi connectivity index (χ0) is 14.9. The fourth-order valence-electron chi connectivity index (χ4n) is 2.14. The molecule has 2 aromatic carbocycles. The largest absolute Gasteiger partial charge is 0.497 e. The first kappa shape index (κ1) is 15.9. The lowest BCUT2D eigenvalue weighted by atomic mass is 10.1. The minimum Gasteiger partial charge on any atom is -0.497 e. The molecule has 0 bridgehead atoms. The van der Waals surface area contributed by atoms with Crippen molar-refractivity contribution in [3.05, 3.63) is 65.7 Å². The van der Waals surface area contributed by atoms with E-state index in [-0.39, 0.29) is 11.9 Å². The summed E-state index contributed by atoms with van der Waals surface area (Å²) in [5.74, 6) is 1.80. The summed E-state index contributed by atoms with van der Waals surface area (Å²) in [7, 11) is 1.68. The van der Waals surface area contributed by atoms with Gasteiger partial charge in [0.25, 0.3) is 0 Å². The third-order valence-corrected chi connectivity index (χ3v) is 4.80. The van der Waals surface area contributed by atoms with Crippen molar-refractivity contribution in [1.29, 1.82) is 0 Å². The van der Waals surface area contributed by atoms with E-state index in [1.807, 2.05) is 30.0 Å². The van der Waals surface area contributed by atoms with Gasteiger partial charge in [-0.15, -0.1) is 0 Å². The minimum atomic E-state index is 0.230. The van der Waals surface area contributed by atoms with Gasteiger partial charge in [0.15, 0.2) is 0 Å². The zero-order valence-corrected chi connectivity index (χ0v) is 13.2. The van der Waals surface area contributed by atoms with E-state index in [1.54, 1.807) is 7.11 Å². The van der Waals surface area contributed by atoms with E-state index in [4.69, 9.17) is 4.74 Å². The Morgan fingerprint density at radius 1 is 1.00 bits per heavy atom. The number of thioether (sulfide) groups is 1. The SMILES string of the molecule is COc1ccc(CS[C@H](CO)CCc2ccccc2)cc1. The monoisotopic (exact) mass is 302 g/mol. The third kappa shape index (κ3) is 5.44. The fourth-order valence-corrected chi connectivity index (χ4v) is 3.15. The van der Waals surface area contributed by atoms with Crippen molar-refractivity contribution in [2.24, 2.45) is 0 Å². The van der Waals surface area contributed by atoms with Crippen molar-refractivity contribution < 1.29 is 9.84 Å². The minimum absolute atomic E-state index is 0.230. The zero-order valence-electron chi connectivity index (χ0n) is 12.4. The number of hydrogen-bond acceptors (Lipinski definition) is 3. The molecule has 2 rings (SSSR count). The predicted octanol–water partition coefficient (Wildman–Crippen LogP) is 3.92. The maximum absolute atomic E-state index is 9.52. The Labute approximate surface area is 131 Å². The standard InChI is InChI=1S/C18H22O2S/c1-20-17-10-7-16(8-11-17)14-21-18(13-19)12-9-15-5-3-2-4-6-15/h2-8,10-11,18-19H,9,12-14H2,1H3/t18-/m0/s1. The van der Waals surface area contributed by atoms with Crippen molar-refractivity contribution in [1.82, 2.24) is 0 Å². The highest BCUT2D eigenvalue weighted by molar-refractivity contribution is 7.99. The number of hydrogen-bond donors (Lipinski definition) is 1. The Morgan fingerprint density at radius 2 is 1.71 bits per heavy atom. The molecule has 0 spiro atoms. The van der Waals surface area contributed by atoms with E-state index in [0.29, 0.717) is 0 Å². The molecule has 0 aromatic heterocycles. The molecule has 1 atom stereocenters. The van der Waals surface area contributed by atoms with Crippen LogP contribution in [0.5, 0.6) is 5.75 Å². The van der Waals surface area contributed by atoms with Crippen molar-refractivity contribution in [2.45, 2.75) is 23.8 Å². The topological polar surface area (TPSA) is 29.5 Å². The van der Waals surface area contributed by atoms with E-state index >= 15 is 0 Å². The van der Waals surface area contributed by atoms with Crippen LogP contribution < -0.4 is 4.74 Å². The van der Waals surface area contributed by atoms with Crippen molar-refractivity contribution >= 4 is 11.8 Å². The second-order valence-corrected chi connectivity index (χ2v) is 6.28. The molecule has 0 amide bonds. The molecule has 2 aromatic rings. The van der Waals surface area contributed by atoms with Gasteiger partial charge in [-0.1, -0.05) is 42.5 Å². The van der Waals surface area contributed by atoms with Gasteiger partial charge in [0.2, 0.25) is 0 Å². The van der Waals surface area contributed by atoms with E-state index in [1.165, 1.54) is 11.1 Å². The molecule has 3 heteroatoms. The van der Waals surface area contributed by atoms with Crippen molar-refractivity contribution in [3.8, 4) is 5.75 Å². The predicted molar refractivity (Wildman–Crippen MR) is 89.9 cm³/mol. The summed E-state index contributed by atoms with van der Waals surface area (Å²) in [6.45, 7) is 0.230. The second kappa shape index (κ2) is 8.75. The number of aliphatic hydroxyl groups is 1. The first-order valence-corrected chi connectivity index (χ1v) is 8.26. The summed E-state index contributed by atoms with van der Waals surface area (Å²) in [5, 5.41) is 9.81. The normalized spacial score (nSPS) is 12.1. The molecular formula is C18H22O2S. The number of benzene rings is 2. The molecule has 0 radical (unpaired) electrons. The van der Waals surface area contributed by atoms with Gasteiger partial charge in [0.1, 0.15) is 5.75 Å². The number of aryl methyl sites for hydroxylation is 1. The molecular weight excluding hydrogens is 280 g/mol. The maximum Gasteiger partial charge on any atom is 0.118 e. The van der Waals surface area contributed by atoms with Crippen LogP contribution in [0.4, 0.5) is 0 Å². The number of aliphatic hydroxyl groups excluding tert-OH is 1. The summed E-state index contributed by atoms with van der Waals surface area (Å²) in [6, 6.07) is 18.6. The van der Waals surface area contributed by atoms with Crippen LogP contribution in [0, 0.1) is 0 Å². The number of ether oxygens (including phenoxy) is 1. The second-order valence-electron chi connectivity index (χ2n) is 4.99. The molecule has 0 heterocycles.